The van der Waals surface area contributed by atoms with E-state index in [9.17, 15) is 9.90 Å². The molecule has 29 heavy (non-hydrogen) atoms. The molecule has 4 aliphatic rings. The van der Waals surface area contributed by atoms with E-state index in [0.717, 1.165) is 80.2 Å². The standard InChI is InChI=1S/C23H36NO4S/c25-15-5-1-4-12-24-13-10-18(11-14-24)20(17-24)28-22(26)23(27,19-7-2-3-8-19)21-9-6-16-29-21/h6,9,16,18-20,25,27H,1-5,7-8,10-15,17H2/q+1/t18?,20-,23+,24?/m0/s1. The molecule has 3 saturated heterocycles. The minimum absolute atomic E-state index is 0.0311. The zero-order chi connectivity index (χ0) is 20.3. The lowest BCUT2D eigenvalue weighted by molar-refractivity contribution is -0.946. The Morgan fingerprint density at radius 1 is 1.17 bits per heavy atom. The number of piperidine rings is 3. The van der Waals surface area contributed by atoms with Gasteiger partial charge >= 0.3 is 5.97 Å². The normalized spacial score (nSPS) is 31.7. The van der Waals surface area contributed by atoms with Gasteiger partial charge in [0.2, 0.25) is 0 Å². The number of hydrogen-bond acceptors (Lipinski definition) is 5. The summed E-state index contributed by atoms with van der Waals surface area (Å²) in [6.45, 7) is 4.62. The van der Waals surface area contributed by atoms with Crippen molar-refractivity contribution in [3.63, 3.8) is 0 Å². The molecule has 4 fully saturated rings. The molecule has 0 amide bonds. The van der Waals surface area contributed by atoms with Crippen molar-refractivity contribution in [3.8, 4) is 0 Å². The molecule has 0 unspecified atom stereocenters. The summed E-state index contributed by atoms with van der Waals surface area (Å²) in [5.74, 6) is -0.00653. The molecule has 162 valence electrons. The van der Waals surface area contributed by atoms with Crippen molar-refractivity contribution in [2.75, 3.05) is 32.8 Å². The first-order valence-corrected chi connectivity index (χ1v) is 12.4. The van der Waals surface area contributed by atoms with Gasteiger partial charge in [-0.25, -0.2) is 4.79 Å². The maximum Gasteiger partial charge on any atom is 0.344 e. The monoisotopic (exact) mass is 422 g/mol. The molecule has 1 aromatic rings. The van der Waals surface area contributed by atoms with Gasteiger partial charge in [-0.05, 0) is 43.6 Å². The zero-order valence-electron chi connectivity index (χ0n) is 17.4. The van der Waals surface area contributed by atoms with E-state index in [-0.39, 0.29) is 18.6 Å². The molecule has 2 atom stereocenters. The number of thiophene rings is 1. The number of quaternary nitrogens is 1. The van der Waals surface area contributed by atoms with Crippen LogP contribution >= 0.6 is 11.3 Å². The van der Waals surface area contributed by atoms with E-state index in [1.807, 2.05) is 17.5 Å². The Kier molecular flexibility index (Phi) is 6.64. The van der Waals surface area contributed by atoms with Gasteiger partial charge in [-0.15, -0.1) is 11.3 Å². The molecular formula is C23H36NO4S+. The molecule has 0 aromatic carbocycles. The lowest BCUT2D eigenvalue weighted by atomic mass is 9.82. The molecule has 6 heteroatoms. The molecule has 2 bridgehead atoms. The second-order valence-electron chi connectivity index (χ2n) is 9.49. The van der Waals surface area contributed by atoms with Crippen LogP contribution in [0.1, 0.15) is 62.7 Å². The minimum Gasteiger partial charge on any atom is -0.454 e. The molecule has 1 aliphatic carbocycles. The first kappa shape index (κ1) is 21.3. The van der Waals surface area contributed by atoms with Gasteiger partial charge in [-0.1, -0.05) is 18.9 Å². The van der Waals surface area contributed by atoms with Crippen LogP contribution in [0.15, 0.2) is 17.5 Å². The fraction of sp³-hybridized carbons (Fsp3) is 0.783. The van der Waals surface area contributed by atoms with Gasteiger partial charge < -0.3 is 19.4 Å². The number of unbranched alkanes of at least 4 members (excludes halogenated alkanes) is 2. The predicted octanol–water partition coefficient (Wildman–Crippen LogP) is 3.44. The molecule has 2 N–H and O–H groups in total. The van der Waals surface area contributed by atoms with Crippen LogP contribution < -0.4 is 0 Å². The quantitative estimate of drug-likeness (QED) is 0.363. The Labute approximate surface area is 178 Å². The van der Waals surface area contributed by atoms with Crippen LogP contribution in [0.2, 0.25) is 0 Å². The van der Waals surface area contributed by atoms with E-state index >= 15 is 0 Å². The maximum absolute atomic E-state index is 13.4. The molecule has 3 aliphatic heterocycles. The van der Waals surface area contributed by atoms with Crippen molar-refractivity contribution < 1.29 is 24.2 Å². The molecule has 0 spiro atoms. The number of hydrogen-bond donors (Lipinski definition) is 2. The number of ether oxygens (including phenoxy) is 1. The van der Waals surface area contributed by atoms with E-state index in [2.05, 4.69) is 0 Å². The van der Waals surface area contributed by atoms with Gasteiger partial charge in [0.25, 0.3) is 0 Å². The topological polar surface area (TPSA) is 66.8 Å². The van der Waals surface area contributed by atoms with Crippen LogP contribution in [0, 0.1) is 11.8 Å². The number of rotatable bonds is 9. The van der Waals surface area contributed by atoms with Gasteiger partial charge in [-0.2, -0.15) is 0 Å². The third kappa shape index (κ3) is 4.27. The Balaban J connectivity index is 1.45. The SMILES string of the molecule is O=C(O[C@H]1C[N+]2(CCCCCO)CCC1CC2)[C@](O)(c1cccs1)C1CCCC1. The highest BCUT2D eigenvalue weighted by Crippen LogP contribution is 2.44. The summed E-state index contributed by atoms with van der Waals surface area (Å²) in [5, 5.41) is 22.6. The second kappa shape index (κ2) is 9.04. The fourth-order valence-corrected chi connectivity index (χ4v) is 6.83. The fourth-order valence-electron chi connectivity index (χ4n) is 5.94. The number of carbonyl (C=O) groups is 1. The molecule has 0 radical (unpaired) electrons. The van der Waals surface area contributed by atoms with E-state index in [1.165, 1.54) is 24.4 Å². The summed E-state index contributed by atoms with van der Waals surface area (Å²) in [6.07, 6.45) is 9.13. The van der Waals surface area contributed by atoms with E-state index in [0.29, 0.717) is 5.92 Å². The summed E-state index contributed by atoms with van der Waals surface area (Å²) in [7, 11) is 0. The second-order valence-corrected chi connectivity index (χ2v) is 10.4. The molecule has 5 rings (SSSR count). The summed E-state index contributed by atoms with van der Waals surface area (Å²) in [4.78, 5) is 14.1. The number of aliphatic hydroxyl groups excluding tert-OH is 1. The van der Waals surface area contributed by atoms with Gasteiger partial charge in [-0.3, -0.25) is 0 Å². The highest BCUT2D eigenvalue weighted by Gasteiger charge is 2.52. The molecule has 5 nitrogen and oxygen atoms in total. The average molecular weight is 423 g/mol. The highest BCUT2D eigenvalue weighted by atomic mass is 32.1. The van der Waals surface area contributed by atoms with Gasteiger partial charge in [0.15, 0.2) is 11.7 Å². The van der Waals surface area contributed by atoms with Crippen molar-refractivity contribution in [1.82, 2.24) is 0 Å². The van der Waals surface area contributed by atoms with Crippen molar-refractivity contribution in [2.24, 2.45) is 11.8 Å². The summed E-state index contributed by atoms with van der Waals surface area (Å²) < 4.78 is 7.18. The lowest BCUT2D eigenvalue weighted by Gasteiger charge is -2.52. The molecule has 4 heterocycles. The first-order chi connectivity index (χ1) is 14.1. The van der Waals surface area contributed by atoms with E-state index in [4.69, 9.17) is 9.84 Å². The van der Waals surface area contributed by atoms with Crippen molar-refractivity contribution in [3.05, 3.63) is 22.4 Å². The highest BCUT2D eigenvalue weighted by molar-refractivity contribution is 7.10. The van der Waals surface area contributed by atoms with Gasteiger partial charge in [0, 0.05) is 36.2 Å². The minimum atomic E-state index is -1.48. The third-order valence-electron chi connectivity index (χ3n) is 7.74. The number of esters is 1. The molecular weight excluding hydrogens is 386 g/mol. The average Bonchev–Trinajstić information content (AvgIpc) is 3.46. The van der Waals surface area contributed by atoms with Crippen LogP contribution in [0.5, 0.6) is 0 Å². The first-order valence-electron chi connectivity index (χ1n) is 11.5. The summed E-state index contributed by atoms with van der Waals surface area (Å²) in [5.41, 5.74) is -1.48. The van der Waals surface area contributed by atoms with Crippen molar-refractivity contribution >= 4 is 17.3 Å². The Morgan fingerprint density at radius 2 is 1.93 bits per heavy atom. The van der Waals surface area contributed by atoms with Crippen LogP contribution in [0.3, 0.4) is 0 Å². The van der Waals surface area contributed by atoms with Crippen molar-refractivity contribution in [1.29, 1.82) is 0 Å². The zero-order valence-corrected chi connectivity index (χ0v) is 18.2. The molecule has 1 aromatic heterocycles. The van der Waals surface area contributed by atoms with Crippen LogP contribution in [-0.2, 0) is 15.1 Å². The smallest absolute Gasteiger partial charge is 0.344 e. The van der Waals surface area contributed by atoms with Gasteiger partial charge in [0.1, 0.15) is 6.54 Å². The Hall–Kier alpha value is -0.950. The van der Waals surface area contributed by atoms with Crippen LogP contribution in [-0.4, -0.2) is 59.6 Å². The lowest BCUT2D eigenvalue weighted by Crippen LogP contribution is -2.65. The number of fused-ring (bicyclic) bond motifs is 3. The van der Waals surface area contributed by atoms with Crippen LogP contribution in [0.4, 0.5) is 0 Å². The predicted molar refractivity (Wildman–Crippen MR) is 113 cm³/mol. The number of nitrogens with zero attached hydrogens (tertiary/aromatic N) is 1. The largest absolute Gasteiger partial charge is 0.454 e. The van der Waals surface area contributed by atoms with Crippen molar-refractivity contribution in [2.45, 2.75) is 69.5 Å². The van der Waals surface area contributed by atoms with E-state index < -0.39 is 11.6 Å². The Morgan fingerprint density at radius 3 is 2.59 bits per heavy atom. The Bertz CT molecular complexity index is 664. The number of aliphatic hydroxyl groups is 2. The maximum atomic E-state index is 13.4. The number of carbonyl (C=O) groups excluding carboxylic acids is 1. The van der Waals surface area contributed by atoms with Gasteiger partial charge in [0.05, 0.1) is 19.6 Å². The van der Waals surface area contributed by atoms with Crippen LogP contribution in [0.25, 0.3) is 0 Å². The molecule has 1 saturated carbocycles. The summed E-state index contributed by atoms with van der Waals surface area (Å²) >= 11 is 1.46. The third-order valence-corrected chi connectivity index (χ3v) is 8.74. The van der Waals surface area contributed by atoms with E-state index in [1.54, 1.807) is 0 Å². The summed E-state index contributed by atoms with van der Waals surface area (Å²) in [6, 6.07) is 3.80.